The molecule has 2 rings (SSSR count). The summed E-state index contributed by atoms with van der Waals surface area (Å²) in [6.45, 7) is 5.81. The lowest BCUT2D eigenvalue weighted by Gasteiger charge is -2.18. The van der Waals surface area contributed by atoms with Crippen molar-refractivity contribution < 1.29 is 9.59 Å². The van der Waals surface area contributed by atoms with Gasteiger partial charge in [-0.15, -0.1) is 0 Å². The molecule has 25 heavy (non-hydrogen) atoms. The molecule has 0 aliphatic rings. The Morgan fingerprint density at radius 2 is 1.80 bits per heavy atom. The number of hydrogen-bond donors (Lipinski definition) is 2. The normalized spacial score (nSPS) is 10.6. The molecule has 0 bridgehead atoms. The van der Waals surface area contributed by atoms with Crippen LogP contribution >= 0.6 is 0 Å². The SMILES string of the molecule is CC(C)(C)C(=O)Nc1cccc(C(=O)NCc2cccc(C#N)c2)c1. The van der Waals surface area contributed by atoms with Gasteiger partial charge in [0.1, 0.15) is 0 Å². The Labute approximate surface area is 147 Å². The lowest BCUT2D eigenvalue weighted by molar-refractivity contribution is -0.123. The summed E-state index contributed by atoms with van der Waals surface area (Å²) in [4.78, 5) is 24.4. The summed E-state index contributed by atoms with van der Waals surface area (Å²) in [5.74, 6) is -0.354. The summed E-state index contributed by atoms with van der Waals surface area (Å²) in [7, 11) is 0. The van der Waals surface area contributed by atoms with Gasteiger partial charge in [-0.05, 0) is 35.9 Å². The van der Waals surface area contributed by atoms with Crippen molar-refractivity contribution in [3.05, 3.63) is 65.2 Å². The quantitative estimate of drug-likeness (QED) is 0.897. The minimum Gasteiger partial charge on any atom is -0.348 e. The minimum absolute atomic E-state index is 0.113. The molecule has 128 valence electrons. The molecule has 0 spiro atoms. The maximum absolute atomic E-state index is 12.3. The predicted molar refractivity (Wildman–Crippen MR) is 96.9 cm³/mol. The molecule has 2 amide bonds. The maximum atomic E-state index is 12.3. The van der Waals surface area contributed by atoms with E-state index in [-0.39, 0.29) is 11.8 Å². The van der Waals surface area contributed by atoms with E-state index in [2.05, 4.69) is 16.7 Å². The second kappa shape index (κ2) is 7.63. The van der Waals surface area contributed by atoms with Crippen molar-refractivity contribution in [1.29, 1.82) is 5.26 Å². The first-order chi connectivity index (χ1) is 11.8. The summed E-state index contributed by atoms with van der Waals surface area (Å²) in [6, 6.07) is 16.0. The van der Waals surface area contributed by atoms with Gasteiger partial charge in [0.05, 0.1) is 11.6 Å². The van der Waals surface area contributed by atoms with Crippen molar-refractivity contribution in [2.75, 3.05) is 5.32 Å². The zero-order valence-electron chi connectivity index (χ0n) is 14.6. The number of nitriles is 1. The summed E-state index contributed by atoms with van der Waals surface area (Å²) in [5.41, 5.74) is 1.94. The van der Waals surface area contributed by atoms with Crippen LogP contribution in [-0.2, 0) is 11.3 Å². The molecule has 2 aromatic carbocycles. The third-order valence-electron chi connectivity index (χ3n) is 3.57. The molecule has 2 N–H and O–H groups in total. The van der Waals surface area contributed by atoms with E-state index in [4.69, 9.17) is 5.26 Å². The topological polar surface area (TPSA) is 82.0 Å². The maximum Gasteiger partial charge on any atom is 0.251 e. The second-order valence-electron chi connectivity index (χ2n) is 6.78. The van der Waals surface area contributed by atoms with Gasteiger partial charge >= 0.3 is 0 Å². The van der Waals surface area contributed by atoms with Crippen LogP contribution in [0.25, 0.3) is 0 Å². The molecule has 0 saturated carbocycles. The molecule has 0 fully saturated rings. The van der Waals surface area contributed by atoms with Crippen LogP contribution in [-0.4, -0.2) is 11.8 Å². The molecule has 0 aromatic heterocycles. The number of benzene rings is 2. The molecule has 0 aliphatic heterocycles. The van der Waals surface area contributed by atoms with Gasteiger partial charge in [-0.3, -0.25) is 9.59 Å². The smallest absolute Gasteiger partial charge is 0.251 e. The molecule has 0 atom stereocenters. The number of carbonyl (C=O) groups excluding carboxylic acids is 2. The summed E-state index contributed by atoms with van der Waals surface area (Å²) in [6.07, 6.45) is 0. The fraction of sp³-hybridized carbons (Fsp3) is 0.250. The van der Waals surface area contributed by atoms with Crippen LogP contribution in [0.1, 0.15) is 42.3 Å². The Balaban J connectivity index is 2.03. The van der Waals surface area contributed by atoms with Crippen LogP contribution in [0.3, 0.4) is 0 Å². The number of nitrogens with one attached hydrogen (secondary N) is 2. The Kier molecular flexibility index (Phi) is 5.56. The number of rotatable bonds is 4. The van der Waals surface area contributed by atoms with E-state index in [1.54, 1.807) is 42.5 Å². The standard InChI is InChI=1S/C20H21N3O2/c1-20(2,3)19(25)23-17-9-5-8-16(11-17)18(24)22-13-15-7-4-6-14(10-15)12-21/h4-11H,13H2,1-3H3,(H,22,24)(H,23,25). The first-order valence-corrected chi connectivity index (χ1v) is 7.98. The van der Waals surface area contributed by atoms with E-state index in [0.717, 1.165) is 5.56 Å². The predicted octanol–water partition coefficient (Wildman–Crippen LogP) is 3.47. The van der Waals surface area contributed by atoms with Gasteiger partial charge in [0.25, 0.3) is 5.91 Å². The fourth-order valence-corrected chi connectivity index (χ4v) is 2.09. The Hall–Kier alpha value is -3.13. The van der Waals surface area contributed by atoms with Crippen molar-refractivity contribution in [1.82, 2.24) is 5.32 Å². The molecule has 0 unspecified atom stereocenters. The lowest BCUT2D eigenvalue weighted by Crippen LogP contribution is -2.28. The number of nitrogens with zero attached hydrogens (tertiary/aromatic N) is 1. The van der Waals surface area contributed by atoms with E-state index in [1.165, 1.54) is 0 Å². The molecule has 0 aliphatic carbocycles. The molecule has 5 heteroatoms. The van der Waals surface area contributed by atoms with Crippen molar-refractivity contribution in [3.8, 4) is 6.07 Å². The van der Waals surface area contributed by atoms with Gasteiger partial charge in [-0.2, -0.15) is 5.26 Å². The van der Waals surface area contributed by atoms with Crippen molar-refractivity contribution in [2.45, 2.75) is 27.3 Å². The third kappa shape index (κ3) is 5.18. The highest BCUT2D eigenvalue weighted by Crippen LogP contribution is 2.18. The molecule has 5 nitrogen and oxygen atoms in total. The van der Waals surface area contributed by atoms with Gasteiger partial charge in [0.15, 0.2) is 0 Å². The third-order valence-corrected chi connectivity index (χ3v) is 3.57. The van der Waals surface area contributed by atoms with Crippen molar-refractivity contribution in [2.24, 2.45) is 5.41 Å². The first kappa shape index (κ1) is 18.2. The summed E-state index contributed by atoms with van der Waals surface area (Å²) < 4.78 is 0. The Morgan fingerprint density at radius 3 is 2.48 bits per heavy atom. The van der Waals surface area contributed by atoms with E-state index < -0.39 is 5.41 Å². The highest BCUT2D eigenvalue weighted by Gasteiger charge is 2.21. The van der Waals surface area contributed by atoms with E-state index >= 15 is 0 Å². The molecular weight excluding hydrogens is 314 g/mol. The highest BCUT2D eigenvalue weighted by molar-refractivity contribution is 5.98. The van der Waals surface area contributed by atoms with Gasteiger partial charge in [-0.25, -0.2) is 0 Å². The lowest BCUT2D eigenvalue weighted by atomic mass is 9.95. The van der Waals surface area contributed by atoms with Crippen molar-refractivity contribution >= 4 is 17.5 Å². The number of carbonyl (C=O) groups is 2. The average molecular weight is 335 g/mol. The number of amides is 2. The van der Waals surface area contributed by atoms with Gasteiger partial charge in [0, 0.05) is 23.2 Å². The fourth-order valence-electron chi connectivity index (χ4n) is 2.09. The van der Waals surface area contributed by atoms with Crippen LogP contribution in [0.2, 0.25) is 0 Å². The van der Waals surface area contributed by atoms with Crippen LogP contribution in [0, 0.1) is 16.7 Å². The van der Waals surface area contributed by atoms with Crippen LogP contribution < -0.4 is 10.6 Å². The minimum atomic E-state index is -0.510. The summed E-state index contributed by atoms with van der Waals surface area (Å²) >= 11 is 0. The van der Waals surface area contributed by atoms with Gasteiger partial charge < -0.3 is 10.6 Å². The molecular formula is C20H21N3O2. The van der Waals surface area contributed by atoms with Crippen LogP contribution in [0.5, 0.6) is 0 Å². The van der Waals surface area contributed by atoms with E-state index in [1.807, 2.05) is 26.8 Å². The second-order valence-corrected chi connectivity index (χ2v) is 6.78. The Morgan fingerprint density at radius 1 is 1.08 bits per heavy atom. The number of hydrogen-bond acceptors (Lipinski definition) is 3. The van der Waals surface area contributed by atoms with Crippen molar-refractivity contribution in [3.63, 3.8) is 0 Å². The molecule has 0 radical (unpaired) electrons. The van der Waals surface area contributed by atoms with Crippen LogP contribution in [0.4, 0.5) is 5.69 Å². The van der Waals surface area contributed by atoms with E-state index in [0.29, 0.717) is 23.4 Å². The highest BCUT2D eigenvalue weighted by atomic mass is 16.2. The average Bonchev–Trinajstić information content (AvgIpc) is 2.59. The Bertz CT molecular complexity index is 829. The molecule has 2 aromatic rings. The van der Waals surface area contributed by atoms with Gasteiger partial charge in [0.2, 0.25) is 5.91 Å². The first-order valence-electron chi connectivity index (χ1n) is 7.98. The monoisotopic (exact) mass is 335 g/mol. The summed E-state index contributed by atoms with van der Waals surface area (Å²) in [5, 5.41) is 14.5. The molecule has 0 heterocycles. The van der Waals surface area contributed by atoms with Gasteiger partial charge in [-0.1, -0.05) is 39.0 Å². The van der Waals surface area contributed by atoms with E-state index in [9.17, 15) is 9.59 Å². The number of anilines is 1. The molecule has 0 saturated heterocycles. The van der Waals surface area contributed by atoms with Crippen LogP contribution in [0.15, 0.2) is 48.5 Å². The zero-order chi connectivity index (χ0) is 18.4. The largest absolute Gasteiger partial charge is 0.348 e. The zero-order valence-corrected chi connectivity index (χ0v) is 14.6.